The molecule has 170 valence electrons. The summed E-state index contributed by atoms with van der Waals surface area (Å²) in [6.07, 6.45) is 7.26. The van der Waals surface area contributed by atoms with Crippen LogP contribution in [0, 0.1) is 11.8 Å². The Bertz CT molecular complexity index is 773. The Labute approximate surface area is 184 Å². The fourth-order valence-corrected chi connectivity index (χ4v) is 4.38. The lowest BCUT2D eigenvalue weighted by Crippen LogP contribution is -2.43. The number of methoxy groups -OCH3 is 3. The number of hydrogen-bond donors (Lipinski definition) is 2. The lowest BCUT2D eigenvalue weighted by molar-refractivity contribution is -0.143. The minimum Gasteiger partial charge on any atom is -0.493 e. The number of ether oxygens (including phenoxy) is 4. The van der Waals surface area contributed by atoms with Crippen LogP contribution in [0.25, 0.3) is 0 Å². The first-order valence-corrected chi connectivity index (χ1v) is 11.0. The number of aliphatic hydroxyl groups excluding tert-OH is 1. The van der Waals surface area contributed by atoms with E-state index in [0.717, 1.165) is 51.4 Å². The third-order valence-corrected chi connectivity index (χ3v) is 6.09. The Morgan fingerprint density at radius 1 is 0.903 bits per heavy atom. The zero-order valence-electron chi connectivity index (χ0n) is 18.6. The van der Waals surface area contributed by atoms with Crippen LogP contribution in [0.15, 0.2) is 12.1 Å². The van der Waals surface area contributed by atoms with E-state index in [9.17, 15) is 9.90 Å². The van der Waals surface area contributed by atoms with Gasteiger partial charge < -0.3 is 29.4 Å². The van der Waals surface area contributed by atoms with Crippen LogP contribution in [0.1, 0.15) is 56.9 Å². The van der Waals surface area contributed by atoms with Gasteiger partial charge in [-0.05, 0) is 63.5 Å². The predicted octanol–water partition coefficient (Wildman–Crippen LogP) is 2.81. The van der Waals surface area contributed by atoms with Gasteiger partial charge in [-0.3, -0.25) is 0 Å². The monoisotopic (exact) mass is 431 g/mol. The van der Waals surface area contributed by atoms with Gasteiger partial charge in [-0.2, -0.15) is 0 Å². The summed E-state index contributed by atoms with van der Waals surface area (Å²) in [5.41, 5.74) is 0.581. The zero-order chi connectivity index (χ0) is 22.2. The molecule has 0 heterocycles. The first kappa shape index (κ1) is 23.2. The van der Waals surface area contributed by atoms with E-state index >= 15 is 0 Å². The van der Waals surface area contributed by atoms with Crippen LogP contribution in [0.2, 0.25) is 0 Å². The van der Waals surface area contributed by atoms with E-state index in [2.05, 4.69) is 17.2 Å². The van der Waals surface area contributed by atoms with Crippen molar-refractivity contribution in [1.29, 1.82) is 0 Å². The maximum absolute atomic E-state index is 12.2. The average Bonchev–Trinajstić information content (AvgIpc) is 2.79. The smallest absolute Gasteiger partial charge is 0.384 e. The van der Waals surface area contributed by atoms with Gasteiger partial charge in [-0.1, -0.05) is 5.92 Å². The first-order chi connectivity index (χ1) is 15.0. The molecule has 0 amide bonds. The Kier molecular flexibility index (Phi) is 8.44. The molecule has 2 fully saturated rings. The second-order valence-corrected chi connectivity index (χ2v) is 8.22. The van der Waals surface area contributed by atoms with E-state index in [1.165, 1.54) is 21.3 Å². The summed E-state index contributed by atoms with van der Waals surface area (Å²) in [6.45, 7) is 0. The van der Waals surface area contributed by atoms with E-state index in [1.807, 2.05) is 0 Å². The van der Waals surface area contributed by atoms with Gasteiger partial charge in [0.25, 0.3) is 0 Å². The lowest BCUT2D eigenvalue weighted by Gasteiger charge is -2.34. The standard InChI is InChI=1S/C24H33NO6/c1-28-21-14-16(15-22(29-2)24(21)30-3)4-13-23(27)31-20-11-7-18(8-12-20)25-17-5-9-19(26)10-6-17/h14-15,17-20,25-26H,5-12H2,1-3H3. The van der Waals surface area contributed by atoms with Crippen molar-refractivity contribution in [1.82, 2.24) is 5.32 Å². The maximum Gasteiger partial charge on any atom is 0.384 e. The number of aliphatic hydroxyl groups is 1. The fraction of sp³-hybridized carbons (Fsp3) is 0.625. The Morgan fingerprint density at radius 3 is 1.97 bits per heavy atom. The van der Waals surface area contributed by atoms with Crippen molar-refractivity contribution in [3.05, 3.63) is 17.7 Å². The maximum atomic E-state index is 12.2. The third kappa shape index (κ3) is 6.52. The van der Waals surface area contributed by atoms with Crippen LogP contribution in [-0.4, -0.2) is 56.7 Å². The molecule has 1 aromatic rings. The number of carbonyl (C=O) groups is 1. The fourth-order valence-electron chi connectivity index (χ4n) is 4.38. The van der Waals surface area contributed by atoms with Gasteiger partial charge in [0.05, 0.1) is 27.4 Å². The molecule has 3 rings (SSSR count). The number of rotatable bonds is 6. The van der Waals surface area contributed by atoms with Crippen molar-refractivity contribution in [2.24, 2.45) is 0 Å². The van der Waals surface area contributed by atoms with Crippen molar-refractivity contribution in [3.8, 4) is 29.1 Å². The Hall–Kier alpha value is -2.43. The van der Waals surface area contributed by atoms with Crippen LogP contribution < -0.4 is 19.5 Å². The Morgan fingerprint density at radius 2 is 1.45 bits per heavy atom. The molecule has 0 bridgehead atoms. The predicted molar refractivity (Wildman–Crippen MR) is 117 cm³/mol. The SMILES string of the molecule is COc1cc(C#CC(=O)OC2CCC(NC3CCC(O)CC3)CC2)cc(OC)c1OC. The van der Waals surface area contributed by atoms with E-state index in [0.29, 0.717) is 34.9 Å². The quantitative estimate of drug-likeness (QED) is 0.529. The highest BCUT2D eigenvalue weighted by Gasteiger charge is 2.27. The van der Waals surface area contributed by atoms with Crippen LogP contribution in [0.4, 0.5) is 0 Å². The molecule has 0 saturated heterocycles. The minimum atomic E-state index is -0.522. The second-order valence-electron chi connectivity index (χ2n) is 8.22. The largest absolute Gasteiger partial charge is 0.493 e. The number of nitrogens with one attached hydrogen (secondary N) is 1. The molecule has 1 aromatic carbocycles. The summed E-state index contributed by atoms with van der Waals surface area (Å²) < 4.78 is 21.5. The summed E-state index contributed by atoms with van der Waals surface area (Å²) in [5, 5.41) is 13.4. The highest BCUT2D eigenvalue weighted by Crippen LogP contribution is 2.37. The van der Waals surface area contributed by atoms with Gasteiger partial charge in [-0.15, -0.1) is 0 Å². The van der Waals surface area contributed by atoms with Gasteiger partial charge in [-0.25, -0.2) is 4.79 Å². The molecule has 0 spiro atoms. The zero-order valence-corrected chi connectivity index (χ0v) is 18.6. The summed E-state index contributed by atoms with van der Waals surface area (Å²) >= 11 is 0. The highest BCUT2D eigenvalue weighted by molar-refractivity contribution is 5.89. The molecule has 7 nitrogen and oxygen atoms in total. The lowest BCUT2D eigenvalue weighted by atomic mass is 9.89. The average molecular weight is 432 g/mol. The van der Waals surface area contributed by atoms with Gasteiger partial charge in [0.15, 0.2) is 11.5 Å². The van der Waals surface area contributed by atoms with E-state index in [1.54, 1.807) is 12.1 Å². The normalized spacial score (nSPS) is 25.7. The van der Waals surface area contributed by atoms with E-state index in [4.69, 9.17) is 18.9 Å². The summed E-state index contributed by atoms with van der Waals surface area (Å²) in [7, 11) is 4.60. The molecule has 0 atom stereocenters. The number of carbonyl (C=O) groups excluding carboxylic acids is 1. The molecule has 2 aliphatic rings. The van der Waals surface area contributed by atoms with Gasteiger partial charge >= 0.3 is 5.97 Å². The molecule has 31 heavy (non-hydrogen) atoms. The molecule has 2 aliphatic carbocycles. The Balaban J connectivity index is 1.48. The van der Waals surface area contributed by atoms with E-state index in [-0.39, 0.29) is 12.2 Å². The van der Waals surface area contributed by atoms with Crippen molar-refractivity contribution in [3.63, 3.8) is 0 Å². The molecule has 0 radical (unpaired) electrons. The number of hydrogen-bond acceptors (Lipinski definition) is 7. The minimum absolute atomic E-state index is 0.0898. The molecule has 2 N–H and O–H groups in total. The molecule has 0 aromatic heterocycles. The second kappa shape index (κ2) is 11.3. The van der Waals surface area contributed by atoms with E-state index < -0.39 is 5.97 Å². The topological polar surface area (TPSA) is 86.3 Å². The van der Waals surface area contributed by atoms with Gasteiger partial charge in [0.1, 0.15) is 6.10 Å². The van der Waals surface area contributed by atoms with Crippen molar-refractivity contribution in [2.75, 3.05) is 21.3 Å². The number of esters is 1. The van der Waals surface area contributed by atoms with Gasteiger partial charge in [0, 0.05) is 23.6 Å². The van der Waals surface area contributed by atoms with Crippen LogP contribution >= 0.6 is 0 Å². The highest BCUT2D eigenvalue weighted by atomic mass is 16.5. The third-order valence-electron chi connectivity index (χ3n) is 6.09. The first-order valence-electron chi connectivity index (χ1n) is 11.0. The molecular formula is C24H33NO6. The molecular weight excluding hydrogens is 398 g/mol. The number of benzene rings is 1. The summed E-state index contributed by atoms with van der Waals surface area (Å²) in [4.78, 5) is 12.2. The summed E-state index contributed by atoms with van der Waals surface area (Å²) in [5.74, 6) is 6.32. The van der Waals surface area contributed by atoms with Crippen molar-refractivity contribution in [2.45, 2.75) is 75.7 Å². The molecule has 7 heteroatoms. The van der Waals surface area contributed by atoms with Crippen molar-refractivity contribution >= 4 is 5.97 Å². The molecule has 0 aliphatic heterocycles. The molecule has 0 unspecified atom stereocenters. The van der Waals surface area contributed by atoms with Crippen molar-refractivity contribution < 1.29 is 28.8 Å². The van der Waals surface area contributed by atoms with Gasteiger partial charge in [0.2, 0.25) is 5.75 Å². The van der Waals surface area contributed by atoms with Crippen LogP contribution in [0.3, 0.4) is 0 Å². The van der Waals surface area contributed by atoms with Crippen LogP contribution in [0.5, 0.6) is 17.2 Å². The van der Waals surface area contributed by atoms with Crippen LogP contribution in [-0.2, 0) is 9.53 Å². The molecule has 2 saturated carbocycles. The summed E-state index contributed by atoms with van der Waals surface area (Å²) in [6, 6.07) is 4.35.